The SMILES string of the molecule is CC(C)(C)C(=O)N1CCCC(C(=O)Nc2ccccc2-n2cccn2)C1. The molecular weight excluding hydrogens is 328 g/mol. The lowest BCUT2D eigenvalue weighted by molar-refractivity contribution is -0.142. The monoisotopic (exact) mass is 354 g/mol. The Labute approximate surface area is 154 Å². The zero-order valence-electron chi connectivity index (χ0n) is 15.6. The molecule has 1 unspecified atom stereocenters. The van der Waals surface area contributed by atoms with Gasteiger partial charge < -0.3 is 10.2 Å². The van der Waals surface area contributed by atoms with Crippen LogP contribution in [0, 0.1) is 11.3 Å². The maximum Gasteiger partial charge on any atom is 0.229 e. The zero-order valence-corrected chi connectivity index (χ0v) is 15.6. The van der Waals surface area contributed by atoms with E-state index in [1.54, 1.807) is 10.9 Å². The predicted octanol–water partition coefficient (Wildman–Crippen LogP) is 3.10. The molecule has 1 aliphatic rings. The molecule has 1 atom stereocenters. The highest BCUT2D eigenvalue weighted by atomic mass is 16.2. The van der Waals surface area contributed by atoms with Crippen LogP contribution in [0.3, 0.4) is 0 Å². The summed E-state index contributed by atoms with van der Waals surface area (Å²) in [5.41, 5.74) is 1.12. The number of aromatic nitrogens is 2. The summed E-state index contributed by atoms with van der Waals surface area (Å²) in [5, 5.41) is 7.27. The molecule has 6 heteroatoms. The number of piperidine rings is 1. The molecule has 3 rings (SSSR count). The van der Waals surface area contributed by atoms with Gasteiger partial charge in [-0.1, -0.05) is 32.9 Å². The third-order valence-electron chi connectivity index (χ3n) is 4.63. The molecule has 6 nitrogen and oxygen atoms in total. The van der Waals surface area contributed by atoms with E-state index in [2.05, 4.69) is 10.4 Å². The van der Waals surface area contributed by atoms with Crippen LogP contribution in [0.5, 0.6) is 0 Å². The van der Waals surface area contributed by atoms with E-state index in [0.717, 1.165) is 30.8 Å². The predicted molar refractivity (Wildman–Crippen MR) is 101 cm³/mol. The van der Waals surface area contributed by atoms with Gasteiger partial charge in [0, 0.05) is 30.9 Å². The van der Waals surface area contributed by atoms with Gasteiger partial charge in [0.25, 0.3) is 0 Å². The summed E-state index contributed by atoms with van der Waals surface area (Å²) >= 11 is 0. The fourth-order valence-electron chi connectivity index (χ4n) is 3.28. The summed E-state index contributed by atoms with van der Waals surface area (Å²) in [6.45, 7) is 6.95. The fraction of sp³-hybridized carbons (Fsp3) is 0.450. The van der Waals surface area contributed by atoms with Crippen molar-refractivity contribution >= 4 is 17.5 Å². The Hall–Kier alpha value is -2.63. The van der Waals surface area contributed by atoms with Crippen molar-refractivity contribution in [3.05, 3.63) is 42.7 Å². The number of hydrogen-bond donors (Lipinski definition) is 1. The van der Waals surface area contributed by atoms with E-state index >= 15 is 0 Å². The van der Waals surface area contributed by atoms with Gasteiger partial charge in [0.1, 0.15) is 0 Å². The van der Waals surface area contributed by atoms with Crippen molar-refractivity contribution in [2.75, 3.05) is 18.4 Å². The van der Waals surface area contributed by atoms with Gasteiger partial charge >= 0.3 is 0 Å². The van der Waals surface area contributed by atoms with Gasteiger partial charge in [-0.25, -0.2) is 4.68 Å². The summed E-state index contributed by atoms with van der Waals surface area (Å²) in [7, 11) is 0. The van der Waals surface area contributed by atoms with Crippen LogP contribution in [0.4, 0.5) is 5.69 Å². The zero-order chi connectivity index (χ0) is 18.7. The molecule has 1 saturated heterocycles. The molecule has 2 aromatic rings. The molecule has 0 spiro atoms. The first-order valence-corrected chi connectivity index (χ1v) is 9.05. The van der Waals surface area contributed by atoms with Crippen molar-refractivity contribution in [2.45, 2.75) is 33.6 Å². The normalized spacial score (nSPS) is 17.8. The Morgan fingerprint density at radius 3 is 2.65 bits per heavy atom. The number of benzene rings is 1. The fourth-order valence-corrected chi connectivity index (χ4v) is 3.28. The second kappa shape index (κ2) is 7.32. The second-order valence-electron chi connectivity index (χ2n) is 7.80. The number of hydrogen-bond acceptors (Lipinski definition) is 3. The molecular formula is C20H26N4O2. The average Bonchev–Trinajstić information content (AvgIpc) is 3.15. The molecule has 0 saturated carbocycles. The molecule has 0 aliphatic carbocycles. The Kier molecular flexibility index (Phi) is 5.11. The lowest BCUT2D eigenvalue weighted by Crippen LogP contribution is -2.47. The molecule has 26 heavy (non-hydrogen) atoms. The average molecular weight is 354 g/mol. The first-order valence-electron chi connectivity index (χ1n) is 9.05. The molecule has 0 radical (unpaired) electrons. The van der Waals surface area contributed by atoms with E-state index in [1.807, 2.05) is 62.2 Å². The Morgan fingerprint density at radius 2 is 1.96 bits per heavy atom. The molecule has 2 amide bonds. The van der Waals surface area contributed by atoms with Crippen LogP contribution in [-0.4, -0.2) is 39.6 Å². The second-order valence-corrected chi connectivity index (χ2v) is 7.80. The summed E-state index contributed by atoms with van der Waals surface area (Å²) in [6, 6.07) is 9.43. The summed E-state index contributed by atoms with van der Waals surface area (Å²) < 4.78 is 1.73. The minimum atomic E-state index is -0.426. The van der Waals surface area contributed by atoms with Gasteiger partial charge in [-0.15, -0.1) is 0 Å². The molecule has 1 fully saturated rings. The molecule has 1 aromatic carbocycles. The van der Waals surface area contributed by atoms with Crippen LogP contribution >= 0.6 is 0 Å². The van der Waals surface area contributed by atoms with Crippen molar-refractivity contribution in [2.24, 2.45) is 11.3 Å². The van der Waals surface area contributed by atoms with Gasteiger partial charge in [0.05, 0.1) is 17.3 Å². The van der Waals surface area contributed by atoms with Crippen LogP contribution in [0.2, 0.25) is 0 Å². The van der Waals surface area contributed by atoms with Gasteiger partial charge in [-0.2, -0.15) is 5.10 Å². The minimum Gasteiger partial charge on any atom is -0.341 e. The van der Waals surface area contributed by atoms with Crippen molar-refractivity contribution in [1.82, 2.24) is 14.7 Å². The van der Waals surface area contributed by atoms with E-state index in [9.17, 15) is 9.59 Å². The van der Waals surface area contributed by atoms with E-state index in [4.69, 9.17) is 0 Å². The molecule has 138 valence electrons. The highest BCUT2D eigenvalue weighted by Gasteiger charge is 2.33. The van der Waals surface area contributed by atoms with Gasteiger partial charge in [0.2, 0.25) is 11.8 Å². The summed E-state index contributed by atoms with van der Waals surface area (Å²) in [5.74, 6) is -0.135. The van der Waals surface area contributed by atoms with E-state index in [1.165, 1.54) is 0 Å². The first-order chi connectivity index (χ1) is 12.4. The lowest BCUT2D eigenvalue weighted by atomic mass is 9.91. The van der Waals surface area contributed by atoms with Crippen LogP contribution < -0.4 is 5.32 Å². The molecule has 1 aliphatic heterocycles. The number of carbonyl (C=O) groups excluding carboxylic acids is 2. The molecule has 1 N–H and O–H groups in total. The first kappa shape index (κ1) is 18.2. The smallest absolute Gasteiger partial charge is 0.229 e. The topological polar surface area (TPSA) is 67.2 Å². The Bertz CT molecular complexity index is 777. The molecule has 1 aromatic heterocycles. The van der Waals surface area contributed by atoms with E-state index < -0.39 is 5.41 Å². The number of anilines is 1. The number of rotatable bonds is 3. The number of nitrogens with one attached hydrogen (secondary N) is 1. The standard InChI is InChI=1S/C20H26N4O2/c1-20(2,3)19(26)23-12-6-8-15(14-23)18(25)22-16-9-4-5-10-17(16)24-13-7-11-21-24/h4-5,7,9-11,13,15H,6,8,12,14H2,1-3H3,(H,22,25). The Balaban J connectivity index is 1.72. The summed E-state index contributed by atoms with van der Waals surface area (Å²) in [4.78, 5) is 27.2. The molecule has 0 bridgehead atoms. The highest BCUT2D eigenvalue weighted by Crippen LogP contribution is 2.25. The van der Waals surface area contributed by atoms with Gasteiger partial charge in [-0.3, -0.25) is 9.59 Å². The number of likely N-dealkylation sites (tertiary alicyclic amines) is 1. The van der Waals surface area contributed by atoms with E-state index in [0.29, 0.717) is 6.54 Å². The quantitative estimate of drug-likeness (QED) is 0.921. The van der Waals surface area contributed by atoms with Crippen LogP contribution in [-0.2, 0) is 9.59 Å². The van der Waals surface area contributed by atoms with Gasteiger partial charge in [-0.05, 0) is 31.0 Å². The minimum absolute atomic E-state index is 0.0454. The highest BCUT2D eigenvalue weighted by molar-refractivity contribution is 5.95. The van der Waals surface area contributed by atoms with Crippen LogP contribution in [0.15, 0.2) is 42.7 Å². The van der Waals surface area contributed by atoms with Gasteiger partial charge in [0.15, 0.2) is 0 Å². The number of carbonyl (C=O) groups is 2. The van der Waals surface area contributed by atoms with Crippen molar-refractivity contribution in [3.63, 3.8) is 0 Å². The molecule has 2 heterocycles. The maximum atomic E-state index is 12.8. The van der Waals surface area contributed by atoms with Crippen molar-refractivity contribution in [1.29, 1.82) is 0 Å². The van der Waals surface area contributed by atoms with Crippen molar-refractivity contribution in [3.8, 4) is 5.69 Å². The van der Waals surface area contributed by atoms with E-state index in [-0.39, 0.29) is 17.7 Å². The number of amides is 2. The Morgan fingerprint density at radius 1 is 1.19 bits per heavy atom. The third-order valence-corrected chi connectivity index (χ3v) is 4.63. The van der Waals surface area contributed by atoms with Crippen LogP contribution in [0.25, 0.3) is 5.69 Å². The van der Waals surface area contributed by atoms with Crippen LogP contribution in [0.1, 0.15) is 33.6 Å². The largest absolute Gasteiger partial charge is 0.341 e. The lowest BCUT2D eigenvalue weighted by Gasteiger charge is -2.36. The number of nitrogens with zero attached hydrogens (tertiary/aromatic N) is 3. The summed E-state index contributed by atoms with van der Waals surface area (Å²) in [6.07, 6.45) is 5.19. The third kappa shape index (κ3) is 3.95. The van der Waals surface area contributed by atoms with Crippen molar-refractivity contribution < 1.29 is 9.59 Å². The number of para-hydroxylation sites is 2. The maximum absolute atomic E-state index is 12.8.